The van der Waals surface area contributed by atoms with E-state index in [-0.39, 0.29) is 18.6 Å². The summed E-state index contributed by atoms with van der Waals surface area (Å²) in [5, 5.41) is 2.99. The summed E-state index contributed by atoms with van der Waals surface area (Å²) in [5.41, 5.74) is 4.44. The van der Waals surface area contributed by atoms with Gasteiger partial charge in [-0.25, -0.2) is 0 Å². The Hall–Kier alpha value is -2.82. The normalized spacial score (nSPS) is 13.9. The Morgan fingerprint density at radius 2 is 1.86 bits per heavy atom. The molecular formula is C23H27NO4. The lowest BCUT2D eigenvalue weighted by Crippen LogP contribution is -2.31. The van der Waals surface area contributed by atoms with E-state index in [1.807, 2.05) is 13.8 Å². The summed E-state index contributed by atoms with van der Waals surface area (Å²) < 4.78 is 11.1. The smallest absolute Gasteiger partial charge is 0.258 e. The van der Waals surface area contributed by atoms with Crippen LogP contribution in [-0.4, -0.2) is 25.4 Å². The molecule has 0 saturated carbocycles. The number of aldehydes is 1. The van der Waals surface area contributed by atoms with Crippen molar-refractivity contribution in [2.24, 2.45) is 0 Å². The first-order valence-corrected chi connectivity index (χ1v) is 9.86. The Kier molecular flexibility index (Phi) is 6.69. The third kappa shape index (κ3) is 4.91. The van der Waals surface area contributed by atoms with Crippen LogP contribution in [0.1, 0.15) is 59.8 Å². The number of carbonyl (C=O) groups is 2. The molecule has 0 fully saturated rings. The molecule has 0 heterocycles. The van der Waals surface area contributed by atoms with Crippen LogP contribution >= 0.6 is 0 Å². The largest absolute Gasteiger partial charge is 0.490 e. The van der Waals surface area contributed by atoms with Gasteiger partial charge in [0.25, 0.3) is 5.91 Å². The number of ether oxygens (including phenoxy) is 2. The summed E-state index contributed by atoms with van der Waals surface area (Å²) >= 11 is 0. The second-order valence-electron chi connectivity index (χ2n) is 7.07. The third-order valence-corrected chi connectivity index (χ3v) is 5.01. The van der Waals surface area contributed by atoms with Gasteiger partial charge in [-0.15, -0.1) is 0 Å². The van der Waals surface area contributed by atoms with Gasteiger partial charge >= 0.3 is 0 Å². The average Bonchev–Trinajstić information content (AvgIpc) is 2.72. The molecule has 0 aromatic heterocycles. The van der Waals surface area contributed by atoms with Crippen LogP contribution in [0.25, 0.3) is 0 Å². The molecule has 1 N–H and O–H groups in total. The van der Waals surface area contributed by atoms with Crippen LogP contribution in [-0.2, 0) is 17.6 Å². The fourth-order valence-electron chi connectivity index (χ4n) is 3.52. The predicted molar refractivity (Wildman–Crippen MR) is 108 cm³/mol. The van der Waals surface area contributed by atoms with Gasteiger partial charge in [0.2, 0.25) is 0 Å². The standard InChI is InChI=1S/C23H27NO4/c1-3-27-22-12-17(14-25)8-11-21(22)28-15-23(26)24-16(2)19-10-9-18-6-4-5-7-20(18)13-19/h8-14,16H,3-7,15H2,1-2H3,(H,24,26)/t16-/m1/s1. The van der Waals surface area contributed by atoms with Crippen LogP contribution in [0.2, 0.25) is 0 Å². The summed E-state index contributed by atoms with van der Waals surface area (Å²) in [6.07, 6.45) is 5.50. The quantitative estimate of drug-likeness (QED) is 0.701. The first-order chi connectivity index (χ1) is 13.6. The number of benzene rings is 2. The molecule has 5 heteroatoms. The average molecular weight is 381 g/mol. The molecule has 5 nitrogen and oxygen atoms in total. The summed E-state index contributed by atoms with van der Waals surface area (Å²) in [4.78, 5) is 23.3. The van der Waals surface area contributed by atoms with Gasteiger partial charge in [-0.05, 0) is 74.4 Å². The van der Waals surface area contributed by atoms with Gasteiger partial charge in [-0.1, -0.05) is 18.2 Å². The van der Waals surface area contributed by atoms with E-state index in [1.54, 1.807) is 18.2 Å². The number of nitrogens with one attached hydrogen (secondary N) is 1. The van der Waals surface area contributed by atoms with Crippen LogP contribution in [0.15, 0.2) is 36.4 Å². The maximum absolute atomic E-state index is 12.3. The molecule has 148 valence electrons. The predicted octanol–water partition coefficient (Wildman–Crippen LogP) is 4.03. The van der Waals surface area contributed by atoms with Crippen LogP contribution in [0.3, 0.4) is 0 Å². The number of amides is 1. The maximum Gasteiger partial charge on any atom is 0.258 e. The molecule has 0 spiro atoms. The SMILES string of the molecule is CCOc1cc(C=O)ccc1OCC(=O)N[C@H](C)c1ccc2c(c1)CCCC2. The molecule has 1 aliphatic rings. The van der Waals surface area contributed by atoms with E-state index in [9.17, 15) is 9.59 Å². The van der Waals surface area contributed by atoms with E-state index in [4.69, 9.17) is 9.47 Å². The van der Waals surface area contributed by atoms with Crippen LogP contribution in [0.5, 0.6) is 11.5 Å². The van der Waals surface area contributed by atoms with E-state index >= 15 is 0 Å². The lowest BCUT2D eigenvalue weighted by atomic mass is 9.89. The molecule has 0 saturated heterocycles. The molecule has 1 atom stereocenters. The van der Waals surface area contributed by atoms with Crippen LogP contribution in [0, 0.1) is 0 Å². The van der Waals surface area contributed by atoms with E-state index in [0.29, 0.717) is 23.7 Å². The minimum absolute atomic E-state index is 0.0906. The van der Waals surface area contributed by atoms with E-state index < -0.39 is 0 Å². The summed E-state index contributed by atoms with van der Waals surface area (Å²) in [6.45, 7) is 4.16. The number of hydrogen-bond acceptors (Lipinski definition) is 4. The van der Waals surface area contributed by atoms with Gasteiger partial charge in [-0.2, -0.15) is 0 Å². The summed E-state index contributed by atoms with van der Waals surface area (Å²) in [6, 6.07) is 11.3. The minimum atomic E-state index is -0.202. The molecule has 1 amide bonds. The maximum atomic E-state index is 12.3. The van der Waals surface area contributed by atoms with Crippen molar-refractivity contribution in [1.82, 2.24) is 5.32 Å². The Morgan fingerprint density at radius 1 is 1.07 bits per heavy atom. The van der Waals surface area contributed by atoms with Crippen molar-refractivity contribution in [3.63, 3.8) is 0 Å². The van der Waals surface area contributed by atoms with Crippen molar-refractivity contribution in [3.05, 3.63) is 58.7 Å². The third-order valence-electron chi connectivity index (χ3n) is 5.01. The Bertz CT molecular complexity index is 846. The zero-order chi connectivity index (χ0) is 19.9. The summed E-state index contributed by atoms with van der Waals surface area (Å²) in [5.74, 6) is 0.707. The van der Waals surface area contributed by atoms with Gasteiger partial charge in [-0.3, -0.25) is 9.59 Å². The van der Waals surface area contributed by atoms with Gasteiger partial charge in [0.05, 0.1) is 12.6 Å². The fourth-order valence-corrected chi connectivity index (χ4v) is 3.52. The number of carbonyl (C=O) groups excluding carboxylic acids is 2. The highest BCUT2D eigenvalue weighted by molar-refractivity contribution is 5.78. The van der Waals surface area contributed by atoms with Crippen molar-refractivity contribution in [1.29, 1.82) is 0 Å². The zero-order valence-corrected chi connectivity index (χ0v) is 16.5. The number of fused-ring (bicyclic) bond motifs is 1. The molecule has 3 rings (SSSR count). The minimum Gasteiger partial charge on any atom is -0.490 e. The van der Waals surface area contributed by atoms with E-state index in [2.05, 4.69) is 23.5 Å². The first kappa shape index (κ1) is 19.9. The molecule has 2 aromatic rings. The summed E-state index contributed by atoms with van der Waals surface area (Å²) in [7, 11) is 0. The molecule has 0 aliphatic heterocycles. The molecular weight excluding hydrogens is 354 g/mol. The van der Waals surface area contributed by atoms with E-state index in [1.165, 1.54) is 24.0 Å². The number of rotatable bonds is 8. The van der Waals surface area contributed by atoms with Gasteiger partial charge in [0, 0.05) is 5.56 Å². The number of aryl methyl sites for hydroxylation is 2. The highest BCUT2D eigenvalue weighted by atomic mass is 16.5. The molecule has 28 heavy (non-hydrogen) atoms. The fraction of sp³-hybridized carbons (Fsp3) is 0.391. The highest BCUT2D eigenvalue weighted by Crippen LogP contribution is 2.28. The lowest BCUT2D eigenvalue weighted by molar-refractivity contribution is -0.123. The number of hydrogen-bond donors (Lipinski definition) is 1. The monoisotopic (exact) mass is 381 g/mol. The zero-order valence-electron chi connectivity index (χ0n) is 16.5. The lowest BCUT2D eigenvalue weighted by Gasteiger charge is -2.20. The van der Waals surface area contributed by atoms with Crippen LogP contribution in [0.4, 0.5) is 0 Å². The Morgan fingerprint density at radius 3 is 2.61 bits per heavy atom. The Labute approximate surface area is 166 Å². The van der Waals surface area contributed by atoms with E-state index in [0.717, 1.165) is 24.7 Å². The van der Waals surface area contributed by atoms with Crippen molar-refractivity contribution >= 4 is 12.2 Å². The second kappa shape index (κ2) is 9.40. The Balaban J connectivity index is 1.59. The highest BCUT2D eigenvalue weighted by Gasteiger charge is 2.15. The molecule has 0 radical (unpaired) electrons. The molecule has 0 bridgehead atoms. The van der Waals surface area contributed by atoms with Gasteiger partial charge in [0.1, 0.15) is 6.29 Å². The first-order valence-electron chi connectivity index (χ1n) is 9.86. The van der Waals surface area contributed by atoms with Crippen molar-refractivity contribution < 1.29 is 19.1 Å². The van der Waals surface area contributed by atoms with Gasteiger partial charge < -0.3 is 14.8 Å². The van der Waals surface area contributed by atoms with Crippen molar-refractivity contribution in [2.75, 3.05) is 13.2 Å². The van der Waals surface area contributed by atoms with Gasteiger partial charge in [0.15, 0.2) is 18.1 Å². The topological polar surface area (TPSA) is 64.6 Å². The molecule has 2 aromatic carbocycles. The second-order valence-corrected chi connectivity index (χ2v) is 7.07. The van der Waals surface area contributed by atoms with Crippen LogP contribution < -0.4 is 14.8 Å². The van der Waals surface area contributed by atoms with Crippen molar-refractivity contribution in [2.45, 2.75) is 45.6 Å². The molecule has 0 unspecified atom stereocenters. The molecule has 1 aliphatic carbocycles. The van der Waals surface area contributed by atoms with Crippen molar-refractivity contribution in [3.8, 4) is 11.5 Å².